The number of hydrogen-bond donors (Lipinski definition) is 3. The van der Waals surface area contributed by atoms with E-state index in [2.05, 4.69) is 31.7 Å². The van der Waals surface area contributed by atoms with Gasteiger partial charge in [-0.25, -0.2) is 15.2 Å². The summed E-state index contributed by atoms with van der Waals surface area (Å²) < 4.78 is 19.7. The molecule has 1 heterocycles. The maximum atomic E-state index is 14.0. The zero-order valence-corrected chi connectivity index (χ0v) is 12.6. The van der Waals surface area contributed by atoms with E-state index in [0.29, 0.717) is 15.9 Å². The summed E-state index contributed by atoms with van der Waals surface area (Å²) in [6, 6.07) is 6.32. The van der Waals surface area contributed by atoms with Crippen LogP contribution < -0.4 is 21.3 Å². The lowest BCUT2D eigenvalue weighted by Gasteiger charge is -2.10. The second-order valence-corrected chi connectivity index (χ2v) is 4.82. The predicted molar refractivity (Wildman–Crippen MR) is 80.7 cm³/mol. The summed E-state index contributed by atoms with van der Waals surface area (Å²) >= 11 is 3.30. The first-order valence-electron chi connectivity index (χ1n) is 5.82. The largest absolute Gasteiger partial charge is 0.497 e. The fourth-order valence-corrected chi connectivity index (χ4v) is 1.98. The van der Waals surface area contributed by atoms with Gasteiger partial charge in [0.1, 0.15) is 5.75 Å². The highest BCUT2D eigenvalue weighted by atomic mass is 79.9. The zero-order chi connectivity index (χ0) is 15.4. The highest BCUT2D eigenvalue weighted by Gasteiger charge is 2.17. The van der Waals surface area contributed by atoms with Crippen LogP contribution in [0.15, 0.2) is 34.9 Å². The van der Waals surface area contributed by atoms with Crippen molar-refractivity contribution >= 4 is 33.3 Å². The molecule has 0 fully saturated rings. The monoisotopic (exact) mass is 354 g/mol. The number of amides is 1. The molecule has 2 rings (SSSR count). The Morgan fingerprint density at radius 1 is 1.43 bits per heavy atom. The number of nitrogens with one attached hydrogen (secondary N) is 2. The molecule has 0 radical (unpaired) electrons. The Morgan fingerprint density at radius 2 is 2.19 bits per heavy atom. The molecular formula is C13H12BrFN4O2. The van der Waals surface area contributed by atoms with Crippen LogP contribution in [0.4, 0.5) is 15.9 Å². The Labute approximate surface area is 128 Å². The number of benzene rings is 1. The summed E-state index contributed by atoms with van der Waals surface area (Å²) in [6.45, 7) is 0. The van der Waals surface area contributed by atoms with E-state index in [9.17, 15) is 9.18 Å². The lowest BCUT2D eigenvalue weighted by Crippen LogP contribution is -2.17. The van der Waals surface area contributed by atoms with E-state index in [1.165, 1.54) is 19.4 Å². The molecule has 2 aromatic rings. The summed E-state index contributed by atoms with van der Waals surface area (Å²) in [5.74, 6) is 4.04. The molecule has 6 nitrogen and oxygen atoms in total. The second-order valence-electron chi connectivity index (χ2n) is 3.97. The van der Waals surface area contributed by atoms with Gasteiger partial charge in [-0.1, -0.05) is 0 Å². The molecule has 0 aliphatic rings. The summed E-state index contributed by atoms with van der Waals surface area (Å²) in [5.41, 5.74) is 2.37. The molecule has 8 heteroatoms. The maximum absolute atomic E-state index is 14.0. The molecule has 0 saturated heterocycles. The summed E-state index contributed by atoms with van der Waals surface area (Å²) in [7, 11) is 1.51. The molecule has 0 aliphatic carbocycles. The second kappa shape index (κ2) is 6.51. The molecule has 0 bridgehead atoms. The number of methoxy groups -OCH3 is 1. The van der Waals surface area contributed by atoms with Crippen molar-refractivity contribution in [2.45, 2.75) is 0 Å². The van der Waals surface area contributed by atoms with Gasteiger partial charge in [-0.15, -0.1) is 0 Å². The van der Waals surface area contributed by atoms with Crippen molar-refractivity contribution in [2.24, 2.45) is 5.84 Å². The van der Waals surface area contributed by atoms with Gasteiger partial charge in [0.05, 0.1) is 18.4 Å². The van der Waals surface area contributed by atoms with Crippen LogP contribution in [-0.4, -0.2) is 18.0 Å². The molecule has 0 saturated carbocycles. The third kappa shape index (κ3) is 3.29. The molecule has 1 amide bonds. The highest BCUT2D eigenvalue weighted by molar-refractivity contribution is 9.10. The lowest BCUT2D eigenvalue weighted by molar-refractivity contribution is 0.102. The summed E-state index contributed by atoms with van der Waals surface area (Å²) in [4.78, 5) is 15.8. The third-order valence-corrected chi connectivity index (χ3v) is 3.38. The fourth-order valence-electron chi connectivity index (χ4n) is 1.64. The molecule has 110 valence electrons. The SMILES string of the molecule is COc1ccc(Br)c(NC(=O)c2ccnc(NN)c2F)c1. The molecule has 1 aromatic carbocycles. The maximum Gasteiger partial charge on any atom is 0.258 e. The molecule has 0 aliphatic heterocycles. The number of carbonyl (C=O) groups is 1. The van der Waals surface area contributed by atoms with Gasteiger partial charge < -0.3 is 15.5 Å². The first-order chi connectivity index (χ1) is 10.1. The van der Waals surface area contributed by atoms with Gasteiger partial charge in [-0.05, 0) is 34.1 Å². The number of aromatic nitrogens is 1. The van der Waals surface area contributed by atoms with E-state index in [0.717, 1.165) is 0 Å². The summed E-state index contributed by atoms with van der Waals surface area (Å²) in [6.07, 6.45) is 1.29. The van der Waals surface area contributed by atoms with Crippen LogP contribution in [0.5, 0.6) is 5.75 Å². The Kier molecular flexibility index (Phi) is 4.71. The summed E-state index contributed by atoms with van der Waals surface area (Å²) in [5, 5.41) is 2.59. The minimum Gasteiger partial charge on any atom is -0.497 e. The first kappa shape index (κ1) is 15.2. The number of ether oxygens (including phenoxy) is 1. The number of hydrogen-bond acceptors (Lipinski definition) is 5. The number of nitrogen functional groups attached to an aromatic ring is 1. The highest BCUT2D eigenvalue weighted by Crippen LogP contribution is 2.28. The van der Waals surface area contributed by atoms with Crippen molar-refractivity contribution in [1.82, 2.24) is 4.98 Å². The van der Waals surface area contributed by atoms with E-state index in [-0.39, 0.29) is 11.4 Å². The van der Waals surface area contributed by atoms with E-state index in [4.69, 9.17) is 10.6 Å². The van der Waals surface area contributed by atoms with E-state index in [1.54, 1.807) is 18.2 Å². The van der Waals surface area contributed by atoms with Crippen LogP contribution in [0, 0.1) is 5.82 Å². The number of pyridine rings is 1. The van der Waals surface area contributed by atoms with E-state index in [1.807, 2.05) is 0 Å². The number of halogens is 2. The number of nitrogens with zero attached hydrogens (tertiary/aromatic N) is 1. The lowest BCUT2D eigenvalue weighted by atomic mass is 10.2. The predicted octanol–water partition coefficient (Wildman–Crippen LogP) is 2.53. The van der Waals surface area contributed by atoms with Crippen LogP contribution in [0.3, 0.4) is 0 Å². The zero-order valence-electron chi connectivity index (χ0n) is 11.0. The number of hydrazine groups is 1. The molecule has 0 atom stereocenters. The Bertz CT molecular complexity index is 681. The van der Waals surface area contributed by atoms with Gasteiger partial charge in [0.2, 0.25) is 0 Å². The number of anilines is 2. The number of carbonyl (C=O) groups excluding carboxylic acids is 1. The van der Waals surface area contributed by atoms with Gasteiger partial charge >= 0.3 is 0 Å². The smallest absolute Gasteiger partial charge is 0.258 e. The van der Waals surface area contributed by atoms with Gasteiger partial charge in [-0.2, -0.15) is 0 Å². The van der Waals surface area contributed by atoms with Gasteiger partial charge in [-0.3, -0.25) is 4.79 Å². The Balaban J connectivity index is 2.30. The molecule has 4 N–H and O–H groups in total. The van der Waals surface area contributed by atoms with Crippen molar-refractivity contribution in [3.63, 3.8) is 0 Å². The first-order valence-corrected chi connectivity index (χ1v) is 6.62. The van der Waals surface area contributed by atoms with Crippen molar-refractivity contribution in [1.29, 1.82) is 0 Å². The normalized spacial score (nSPS) is 10.1. The minimum absolute atomic E-state index is 0.173. The average Bonchev–Trinajstić information content (AvgIpc) is 2.49. The molecule has 21 heavy (non-hydrogen) atoms. The van der Waals surface area contributed by atoms with Crippen molar-refractivity contribution in [3.8, 4) is 5.75 Å². The van der Waals surface area contributed by atoms with Crippen LogP contribution in [0.25, 0.3) is 0 Å². The Morgan fingerprint density at radius 3 is 2.86 bits per heavy atom. The molecule has 0 spiro atoms. The van der Waals surface area contributed by atoms with Crippen molar-refractivity contribution in [3.05, 3.63) is 46.3 Å². The average molecular weight is 355 g/mol. The Hall–Kier alpha value is -2.19. The van der Waals surface area contributed by atoms with Crippen molar-refractivity contribution < 1.29 is 13.9 Å². The number of rotatable bonds is 4. The third-order valence-electron chi connectivity index (χ3n) is 2.69. The number of nitrogens with two attached hydrogens (primary N) is 1. The van der Waals surface area contributed by atoms with Crippen LogP contribution in [-0.2, 0) is 0 Å². The minimum atomic E-state index is -0.823. The molecular weight excluding hydrogens is 343 g/mol. The van der Waals surface area contributed by atoms with E-state index >= 15 is 0 Å². The fraction of sp³-hybridized carbons (Fsp3) is 0.0769. The van der Waals surface area contributed by atoms with Crippen LogP contribution in [0.1, 0.15) is 10.4 Å². The van der Waals surface area contributed by atoms with Gasteiger partial charge in [0, 0.05) is 16.7 Å². The molecule has 0 unspecified atom stereocenters. The quantitative estimate of drug-likeness (QED) is 0.579. The van der Waals surface area contributed by atoms with Gasteiger partial charge in [0.15, 0.2) is 11.6 Å². The van der Waals surface area contributed by atoms with Crippen LogP contribution >= 0.6 is 15.9 Å². The van der Waals surface area contributed by atoms with Crippen molar-refractivity contribution in [2.75, 3.05) is 17.9 Å². The van der Waals surface area contributed by atoms with Crippen LogP contribution in [0.2, 0.25) is 0 Å². The molecule has 1 aromatic heterocycles. The standard InChI is InChI=1S/C13H12BrFN4O2/c1-21-7-2-3-9(14)10(6-7)18-13(20)8-4-5-17-12(19-16)11(8)15/h2-6H,16H2,1H3,(H,17,19)(H,18,20). The van der Waals surface area contributed by atoms with E-state index < -0.39 is 11.7 Å². The topological polar surface area (TPSA) is 89.3 Å². The van der Waals surface area contributed by atoms with Gasteiger partial charge in [0.25, 0.3) is 5.91 Å².